The number of carbonyl (C=O) groups is 1. The highest BCUT2D eigenvalue weighted by molar-refractivity contribution is 7.99. The van der Waals surface area contributed by atoms with Gasteiger partial charge in [0.1, 0.15) is 6.61 Å². The fourth-order valence-corrected chi connectivity index (χ4v) is 4.04. The molecule has 0 spiro atoms. The summed E-state index contributed by atoms with van der Waals surface area (Å²) in [5, 5.41) is 11.5. The van der Waals surface area contributed by atoms with Crippen LogP contribution in [0, 0.1) is 5.92 Å². The first-order valence-corrected chi connectivity index (χ1v) is 10.3. The second-order valence-electron chi connectivity index (χ2n) is 6.99. The van der Waals surface area contributed by atoms with Crippen molar-refractivity contribution in [2.24, 2.45) is 5.92 Å². The second-order valence-corrected chi connectivity index (χ2v) is 7.92. The molecule has 0 saturated heterocycles. The lowest BCUT2D eigenvalue weighted by atomic mass is 9.86. The van der Waals surface area contributed by atoms with Gasteiger partial charge in [-0.15, -0.1) is 10.2 Å². The Morgan fingerprint density at radius 3 is 2.89 bits per heavy atom. The van der Waals surface area contributed by atoms with Gasteiger partial charge in [0.25, 0.3) is 11.1 Å². The van der Waals surface area contributed by atoms with Gasteiger partial charge in [-0.3, -0.25) is 4.79 Å². The summed E-state index contributed by atoms with van der Waals surface area (Å²) < 4.78 is 17.2. The fourth-order valence-electron chi connectivity index (χ4n) is 3.46. The van der Waals surface area contributed by atoms with Crippen LogP contribution in [0.15, 0.2) is 33.9 Å². The zero-order valence-corrected chi connectivity index (χ0v) is 16.0. The topological polar surface area (TPSA) is 86.5 Å². The number of amides is 1. The molecular formula is C19H23N3O4S. The predicted octanol–water partition coefficient (Wildman–Crippen LogP) is 3.37. The highest BCUT2D eigenvalue weighted by atomic mass is 32.2. The molecule has 2 heterocycles. The standard InChI is InChI=1S/C19H23N3O4S/c1-12-6-2-3-7-13(12)20-17(23)11-27-19-22-21-18(26-19)16-10-24-14-8-4-5-9-15(14)25-16/h4-5,8-9,12-13,16H,2-3,6-7,10-11H2,1H3,(H,20,23)/t12-,13+,16+/m1/s1. The largest absolute Gasteiger partial charge is 0.485 e. The number of ether oxygens (including phenoxy) is 2. The molecule has 1 N–H and O–H groups in total. The van der Waals surface area contributed by atoms with E-state index in [0.717, 1.165) is 6.42 Å². The van der Waals surface area contributed by atoms with E-state index in [1.165, 1.54) is 31.0 Å². The van der Waals surface area contributed by atoms with Gasteiger partial charge < -0.3 is 19.2 Å². The number of rotatable bonds is 5. The van der Waals surface area contributed by atoms with E-state index >= 15 is 0 Å². The molecule has 1 aromatic heterocycles. The Hall–Kier alpha value is -2.22. The molecule has 144 valence electrons. The molecule has 7 nitrogen and oxygen atoms in total. The maximum Gasteiger partial charge on any atom is 0.277 e. The van der Waals surface area contributed by atoms with Crippen LogP contribution in [-0.4, -0.2) is 34.5 Å². The van der Waals surface area contributed by atoms with Gasteiger partial charge in [-0.2, -0.15) is 0 Å². The summed E-state index contributed by atoms with van der Waals surface area (Å²) in [6, 6.07) is 7.74. The van der Waals surface area contributed by atoms with Crippen molar-refractivity contribution in [1.29, 1.82) is 0 Å². The number of hydrogen-bond acceptors (Lipinski definition) is 7. The third-order valence-electron chi connectivity index (χ3n) is 4.99. The average Bonchev–Trinajstić information content (AvgIpc) is 3.17. The summed E-state index contributed by atoms with van der Waals surface area (Å²) in [6.45, 7) is 2.51. The van der Waals surface area contributed by atoms with Crippen molar-refractivity contribution in [2.75, 3.05) is 12.4 Å². The summed E-state index contributed by atoms with van der Waals surface area (Å²) in [5.74, 6) is 2.51. The van der Waals surface area contributed by atoms with Crippen LogP contribution in [-0.2, 0) is 4.79 Å². The molecule has 1 aliphatic heterocycles. The molecule has 1 aliphatic carbocycles. The van der Waals surface area contributed by atoms with Crippen LogP contribution in [0.5, 0.6) is 11.5 Å². The maximum absolute atomic E-state index is 12.2. The Kier molecular flexibility index (Phi) is 5.52. The lowest BCUT2D eigenvalue weighted by molar-refractivity contribution is -0.119. The van der Waals surface area contributed by atoms with Gasteiger partial charge in [0.05, 0.1) is 5.75 Å². The van der Waals surface area contributed by atoms with E-state index in [4.69, 9.17) is 13.9 Å². The normalized spacial score (nSPS) is 24.4. The van der Waals surface area contributed by atoms with Crippen molar-refractivity contribution in [3.05, 3.63) is 30.2 Å². The Morgan fingerprint density at radius 1 is 1.22 bits per heavy atom. The van der Waals surface area contributed by atoms with E-state index < -0.39 is 6.10 Å². The van der Waals surface area contributed by atoms with Crippen LogP contribution in [0.1, 0.15) is 44.6 Å². The molecule has 1 fully saturated rings. The Bertz CT molecular complexity index is 797. The number of hydrogen-bond donors (Lipinski definition) is 1. The summed E-state index contributed by atoms with van der Waals surface area (Å²) in [6.07, 6.45) is 4.23. The van der Waals surface area contributed by atoms with Crippen LogP contribution >= 0.6 is 11.8 Å². The lowest BCUT2D eigenvalue weighted by Gasteiger charge is -2.29. The molecule has 1 amide bonds. The zero-order valence-electron chi connectivity index (χ0n) is 15.2. The number of benzene rings is 1. The molecule has 2 aromatic rings. The first-order valence-electron chi connectivity index (χ1n) is 9.33. The summed E-state index contributed by atoms with van der Waals surface area (Å²) in [4.78, 5) is 12.2. The molecule has 0 unspecified atom stereocenters. The molecule has 1 saturated carbocycles. The van der Waals surface area contributed by atoms with Gasteiger partial charge in [-0.1, -0.05) is 43.7 Å². The van der Waals surface area contributed by atoms with Gasteiger partial charge in [-0.25, -0.2) is 0 Å². The van der Waals surface area contributed by atoms with Crippen LogP contribution in [0.3, 0.4) is 0 Å². The monoisotopic (exact) mass is 389 g/mol. The number of carbonyl (C=O) groups excluding carboxylic acids is 1. The first kappa shape index (κ1) is 18.2. The van der Waals surface area contributed by atoms with E-state index in [1.54, 1.807) is 0 Å². The maximum atomic E-state index is 12.2. The molecule has 0 bridgehead atoms. The minimum absolute atomic E-state index is 0.00433. The number of para-hydroxylation sites is 2. The SMILES string of the molecule is C[C@@H]1CCCC[C@@H]1NC(=O)CSc1nnc([C@@H]2COc3ccccc3O2)o1. The van der Waals surface area contributed by atoms with Gasteiger partial charge in [-0.05, 0) is 30.9 Å². The first-order chi connectivity index (χ1) is 13.2. The highest BCUT2D eigenvalue weighted by Gasteiger charge is 2.28. The van der Waals surface area contributed by atoms with Crippen LogP contribution < -0.4 is 14.8 Å². The molecule has 2 aliphatic rings. The van der Waals surface area contributed by atoms with E-state index in [0.29, 0.717) is 35.1 Å². The number of fused-ring (bicyclic) bond motifs is 1. The molecule has 1 aromatic carbocycles. The smallest absolute Gasteiger partial charge is 0.277 e. The third kappa shape index (κ3) is 4.37. The van der Waals surface area contributed by atoms with E-state index in [9.17, 15) is 4.79 Å². The van der Waals surface area contributed by atoms with Gasteiger partial charge in [0, 0.05) is 6.04 Å². The van der Waals surface area contributed by atoms with Gasteiger partial charge in [0.2, 0.25) is 12.0 Å². The van der Waals surface area contributed by atoms with Crippen molar-refractivity contribution in [3.63, 3.8) is 0 Å². The quantitative estimate of drug-likeness (QED) is 0.785. The van der Waals surface area contributed by atoms with Crippen molar-refractivity contribution in [2.45, 2.75) is 50.0 Å². The minimum atomic E-state index is -0.446. The van der Waals surface area contributed by atoms with E-state index in [1.807, 2.05) is 24.3 Å². The van der Waals surface area contributed by atoms with Crippen molar-refractivity contribution < 1.29 is 18.7 Å². The Balaban J connectivity index is 1.29. The van der Waals surface area contributed by atoms with Crippen molar-refractivity contribution in [3.8, 4) is 11.5 Å². The third-order valence-corrected chi connectivity index (χ3v) is 5.81. The highest BCUT2D eigenvalue weighted by Crippen LogP contribution is 2.36. The number of nitrogens with zero attached hydrogens (tertiary/aromatic N) is 2. The zero-order chi connectivity index (χ0) is 18.6. The number of thioether (sulfide) groups is 1. The number of aromatic nitrogens is 2. The summed E-state index contributed by atoms with van der Waals surface area (Å²) in [7, 11) is 0. The lowest BCUT2D eigenvalue weighted by Crippen LogP contribution is -2.41. The van der Waals surface area contributed by atoms with Crippen molar-refractivity contribution >= 4 is 17.7 Å². The van der Waals surface area contributed by atoms with Crippen LogP contribution in [0.2, 0.25) is 0 Å². The Labute approximate surface area is 162 Å². The second kappa shape index (κ2) is 8.21. The van der Waals surface area contributed by atoms with Gasteiger partial charge in [0.15, 0.2) is 11.5 Å². The number of nitrogens with one attached hydrogen (secondary N) is 1. The molecule has 0 radical (unpaired) electrons. The summed E-state index contributed by atoms with van der Waals surface area (Å²) in [5.41, 5.74) is 0. The molecule has 3 atom stereocenters. The molecular weight excluding hydrogens is 366 g/mol. The van der Waals surface area contributed by atoms with Crippen LogP contribution in [0.25, 0.3) is 0 Å². The fraction of sp³-hybridized carbons (Fsp3) is 0.526. The summed E-state index contributed by atoms with van der Waals surface area (Å²) >= 11 is 1.24. The molecule has 27 heavy (non-hydrogen) atoms. The van der Waals surface area contributed by atoms with Crippen LogP contribution in [0.4, 0.5) is 0 Å². The molecule has 4 rings (SSSR count). The molecule has 8 heteroatoms. The van der Waals surface area contributed by atoms with Gasteiger partial charge >= 0.3 is 0 Å². The van der Waals surface area contributed by atoms with E-state index in [-0.39, 0.29) is 17.7 Å². The minimum Gasteiger partial charge on any atom is -0.485 e. The van der Waals surface area contributed by atoms with E-state index in [2.05, 4.69) is 22.4 Å². The average molecular weight is 389 g/mol. The van der Waals surface area contributed by atoms with Crippen molar-refractivity contribution in [1.82, 2.24) is 15.5 Å². The Morgan fingerprint density at radius 2 is 2.04 bits per heavy atom. The predicted molar refractivity (Wildman–Crippen MR) is 99.9 cm³/mol.